The van der Waals surface area contributed by atoms with Crippen LogP contribution in [0.2, 0.25) is 0 Å². The summed E-state index contributed by atoms with van der Waals surface area (Å²) in [7, 11) is 0. The van der Waals surface area contributed by atoms with E-state index in [-0.39, 0.29) is 6.71 Å². The van der Waals surface area contributed by atoms with Crippen LogP contribution in [0.4, 0.5) is 17.1 Å². The predicted molar refractivity (Wildman–Crippen MR) is 220 cm³/mol. The molecule has 8 aromatic carbocycles. The second kappa shape index (κ2) is 10.4. The van der Waals surface area contributed by atoms with Gasteiger partial charge < -0.3 is 14.0 Å². The van der Waals surface area contributed by atoms with Crippen molar-refractivity contribution < 1.29 is 0 Å². The lowest BCUT2D eigenvalue weighted by Crippen LogP contribution is -2.59. The van der Waals surface area contributed by atoms with E-state index in [4.69, 9.17) is 0 Å². The molecule has 0 saturated carbocycles. The minimum atomic E-state index is 0.132. The van der Waals surface area contributed by atoms with Crippen molar-refractivity contribution in [3.8, 4) is 22.5 Å². The molecule has 52 heavy (non-hydrogen) atoms. The maximum Gasteiger partial charge on any atom is 0.252 e. The van der Waals surface area contributed by atoms with E-state index in [0.29, 0.717) is 0 Å². The third-order valence-corrected chi connectivity index (χ3v) is 11.5. The van der Waals surface area contributed by atoms with Crippen LogP contribution in [0.5, 0.6) is 0 Å². The van der Waals surface area contributed by atoms with Gasteiger partial charge in [0.15, 0.2) is 0 Å². The van der Waals surface area contributed by atoms with Gasteiger partial charge in [-0.1, -0.05) is 121 Å². The Labute approximate surface area is 301 Å². The third-order valence-electron chi connectivity index (χ3n) is 11.5. The molecule has 10 aromatic rings. The first-order valence-corrected chi connectivity index (χ1v) is 18.1. The number of benzene rings is 8. The number of hydrogen-bond donors (Lipinski definition) is 0. The van der Waals surface area contributed by atoms with Gasteiger partial charge in [0.2, 0.25) is 0 Å². The summed E-state index contributed by atoms with van der Waals surface area (Å²) in [5, 5.41) is 5.23. The molecule has 0 aliphatic carbocycles. The molecule has 2 aliphatic rings. The summed E-state index contributed by atoms with van der Waals surface area (Å²) >= 11 is 0. The first-order valence-electron chi connectivity index (χ1n) is 18.1. The van der Waals surface area contributed by atoms with Gasteiger partial charge in [0, 0.05) is 61.0 Å². The van der Waals surface area contributed by atoms with Gasteiger partial charge in [0.25, 0.3) is 6.71 Å². The van der Waals surface area contributed by atoms with Crippen molar-refractivity contribution in [1.82, 2.24) is 9.13 Å². The van der Waals surface area contributed by atoms with Gasteiger partial charge in [-0.2, -0.15) is 0 Å². The fraction of sp³-hybridized carbons (Fsp3) is 0. The molecule has 4 heterocycles. The van der Waals surface area contributed by atoms with Crippen LogP contribution in [-0.4, -0.2) is 15.8 Å². The second-order valence-corrected chi connectivity index (χ2v) is 14.1. The number of nitrogens with zero attached hydrogens (tertiary/aromatic N) is 3. The predicted octanol–water partition coefficient (Wildman–Crippen LogP) is 10.2. The molecule has 0 bridgehead atoms. The zero-order chi connectivity index (χ0) is 33.9. The molecule has 0 N–H and O–H groups in total. The maximum atomic E-state index is 2.55. The molecular formula is C48H30BN3. The molecule has 240 valence electrons. The SMILES string of the molecule is c1ccc(N(c2ccccc2)c2ccc(-c3cc4c5c(c3)-n3c6ccccc6c6cccc(c63)B5c3cccc5c6ccccc6n-4c35)cc2)cc1. The van der Waals surface area contributed by atoms with E-state index >= 15 is 0 Å². The van der Waals surface area contributed by atoms with Gasteiger partial charge in [-0.25, -0.2) is 0 Å². The highest BCUT2D eigenvalue weighted by atomic mass is 15.1. The Balaban J connectivity index is 1.15. The highest BCUT2D eigenvalue weighted by Crippen LogP contribution is 2.41. The number of hydrogen-bond acceptors (Lipinski definition) is 1. The molecule has 12 rings (SSSR count). The standard InChI is InChI=1S/C48H30BN3/c1-3-13-33(14-4-1)50(34-15-5-2-6-16-34)35-27-25-31(26-28-35)32-29-44-46-45(30-32)52-43-24-10-8-18-37(43)39-20-12-22-41(48(39)52)49(46)40-21-11-19-38-36-17-7-9-23-42(36)51(44)47(38)40/h1-30H. The van der Waals surface area contributed by atoms with E-state index in [2.05, 4.69) is 196 Å². The molecule has 0 radical (unpaired) electrons. The van der Waals surface area contributed by atoms with Crippen molar-refractivity contribution in [1.29, 1.82) is 0 Å². The van der Waals surface area contributed by atoms with Gasteiger partial charge in [-0.3, -0.25) is 0 Å². The molecule has 0 amide bonds. The highest BCUT2D eigenvalue weighted by Gasteiger charge is 2.40. The largest absolute Gasteiger partial charge is 0.311 e. The van der Waals surface area contributed by atoms with Gasteiger partial charge in [0.05, 0.1) is 11.0 Å². The molecule has 0 atom stereocenters. The average molecular weight is 660 g/mol. The monoisotopic (exact) mass is 659 g/mol. The molecule has 0 unspecified atom stereocenters. The van der Waals surface area contributed by atoms with Crippen LogP contribution in [0, 0.1) is 0 Å². The van der Waals surface area contributed by atoms with E-state index < -0.39 is 0 Å². The number of aromatic nitrogens is 2. The van der Waals surface area contributed by atoms with Crippen LogP contribution in [0.3, 0.4) is 0 Å². The molecule has 0 spiro atoms. The Morgan fingerprint density at radius 3 is 1.33 bits per heavy atom. The average Bonchev–Trinajstić information content (AvgIpc) is 3.74. The first-order chi connectivity index (χ1) is 25.8. The van der Waals surface area contributed by atoms with Crippen molar-refractivity contribution in [3.63, 3.8) is 0 Å². The van der Waals surface area contributed by atoms with Crippen LogP contribution >= 0.6 is 0 Å². The van der Waals surface area contributed by atoms with Crippen molar-refractivity contribution in [3.05, 3.63) is 182 Å². The summed E-state index contributed by atoms with van der Waals surface area (Å²) in [6.07, 6.45) is 0. The quantitative estimate of drug-likeness (QED) is 0.172. The Bertz CT molecular complexity index is 2880. The number of fused-ring (bicyclic) bond motifs is 10. The topological polar surface area (TPSA) is 13.1 Å². The van der Waals surface area contributed by atoms with E-state index in [1.807, 2.05) is 0 Å². The maximum absolute atomic E-state index is 2.55. The lowest BCUT2D eigenvalue weighted by Gasteiger charge is -2.34. The van der Waals surface area contributed by atoms with Crippen LogP contribution in [0.25, 0.3) is 66.1 Å². The van der Waals surface area contributed by atoms with Crippen LogP contribution in [0.15, 0.2) is 182 Å². The van der Waals surface area contributed by atoms with Crippen LogP contribution < -0.4 is 21.3 Å². The van der Waals surface area contributed by atoms with Crippen molar-refractivity contribution >= 4 is 83.8 Å². The van der Waals surface area contributed by atoms with Gasteiger partial charge >= 0.3 is 0 Å². The summed E-state index contributed by atoms with van der Waals surface area (Å²) in [6.45, 7) is 0.132. The summed E-state index contributed by atoms with van der Waals surface area (Å²) in [6, 6.07) is 66.9. The molecular weight excluding hydrogens is 629 g/mol. The molecule has 4 heteroatoms. The Kier molecular flexibility index (Phi) is 5.58. The van der Waals surface area contributed by atoms with Gasteiger partial charge in [0.1, 0.15) is 0 Å². The van der Waals surface area contributed by atoms with E-state index in [0.717, 1.165) is 17.1 Å². The third kappa shape index (κ3) is 3.65. The fourth-order valence-electron chi connectivity index (χ4n) is 9.39. The lowest BCUT2D eigenvalue weighted by molar-refractivity contribution is 1.14. The normalized spacial score (nSPS) is 12.6. The van der Waals surface area contributed by atoms with Crippen molar-refractivity contribution in [2.75, 3.05) is 4.90 Å². The summed E-state index contributed by atoms with van der Waals surface area (Å²) in [5.74, 6) is 0. The fourth-order valence-corrected chi connectivity index (χ4v) is 9.39. The number of rotatable bonds is 4. The van der Waals surface area contributed by atoms with E-state index in [1.165, 1.54) is 82.5 Å². The summed E-state index contributed by atoms with van der Waals surface area (Å²) in [4.78, 5) is 2.32. The molecule has 0 fully saturated rings. The minimum Gasteiger partial charge on any atom is -0.311 e. The second-order valence-electron chi connectivity index (χ2n) is 14.1. The van der Waals surface area contributed by atoms with E-state index in [9.17, 15) is 0 Å². The van der Waals surface area contributed by atoms with Gasteiger partial charge in [-0.15, -0.1) is 0 Å². The smallest absolute Gasteiger partial charge is 0.252 e. The van der Waals surface area contributed by atoms with Crippen LogP contribution in [0.1, 0.15) is 0 Å². The molecule has 2 aromatic heterocycles. The first kappa shape index (κ1) is 28.0. The van der Waals surface area contributed by atoms with Gasteiger partial charge in [-0.05, 0) is 88.2 Å². The molecule has 3 nitrogen and oxygen atoms in total. The van der Waals surface area contributed by atoms with Crippen molar-refractivity contribution in [2.24, 2.45) is 0 Å². The molecule has 0 saturated heterocycles. The number of para-hydroxylation sites is 6. The Morgan fingerprint density at radius 1 is 0.365 bits per heavy atom. The van der Waals surface area contributed by atoms with Crippen LogP contribution in [-0.2, 0) is 0 Å². The Hall–Kier alpha value is -6.78. The zero-order valence-corrected chi connectivity index (χ0v) is 28.2. The van der Waals surface area contributed by atoms with E-state index in [1.54, 1.807) is 0 Å². The molecule has 2 aliphatic heterocycles. The summed E-state index contributed by atoms with van der Waals surface area (Å²) in [5.41, 5.74) is 17.6. The number of anilines is 3. The van der Waals surface area contributed by atoms with Crippen molar-refractivity contribution in [2.45, 2.75) is 0 Å². The lowest BCUT2D eigenvalue weighted by atomic mass is 9.34. The minimum absolute atomic E-state index is 0.132. The Morgan fingerprint density at radius 2 is 0.808 bits per heavy atom. The highest BCUT2D eigenvalue weighted by molar-refractivity contribution is 7.00. The zero-order valence-electron chi connectivity index (χ0n) is 28.2. The summed E-state index contributed by atoms with van der Waals surface area (Å²) < 4.78 is 5.10.